The maximum absolute atomic E-state index is 12.4. The van der Waals surface area contributed by atoms with Gasteiger partial charge in [0.2, 0.25) is 5.91 Å². The van der Waals surface area contributed by atoms with Crippen LogP contribution in [0.5, 0.6) is 0 Å². The summed E-state index contributed by atoms with van der Waals surface area (Å²) in [6.45, 7) is 4.83. The predicted molar refractivity (Wildman–Crippen MR) is 296 cm³/mol. The third-order valence-corrected chi connectivity index (χ3v) is 13.3. The summed E-state index contributed by atoms with van der Waals surface area (Å²) < 4.78 is 5.46. The van der Waals surface area contributed by atoms with Gasteiger partial charge in [-0.15, -0.1) is 0 Å². The molecule has 6 heteroatoms. The predicted octanol–water partition coefficient (Wildman–Crippen LogP) is 18.4. The maximum atomic E-state index is 12.4. The van der Waals surface area contributed by atoms with E-state index in [1.54, 1.807) is 6.08 Å². The molecule has 3 N–H and O–H groups in total. The zero-order chi connectivity index (χ0) is 49.3. The van der Waals surface area contributed by atoms with E-state index in [1.807, 2.05) is 6.08 Å². The fourth-order valence-electron chi connectivity index (χ4n) is 8.71. The van der Waals surface area contributed by atoms with Gasteiger partial charge in [0.1, 0.15) is 0 Å². The van der Waals surface area contributed by atoms with Crippen molar-refractivity contribution in [3.63, 3.8) is 0 Å². The molecule has 0 rings (SSSR count). The molecule has 0 aliphatic heterocycles. The van der Waals surface area contributed by atoms with E-state index in [2.05, 4.69) is 67.8 Å². The summed E-state index contributed by atoms with van der Waals surface area (Å²) in [4.78, 5) is 24.5. The smallest absolute Gasteiger partial charge is 0.305 e. The zero-order valence-electron chi connectivity index (χ0n) is 45.1. The second-order valence-corrected chi connectivity index (χ2v) is 20.0. The quantitative estimate of drug-likeness (QED) is 0.0244. The lowest BCUT2D eigenvalue weighted by Crippen LogP contribution is -2.45. The number of aliphatic hydroxyl groups excluding tert-OH is 2. The summed E-state index contributed by atoms with van der Waals surface area (Å²) in [6, 6.07) is -0.636. The number of ether oxygens (including phenoxy) is 1. The second kappa shape index (κ2) is 57.1. The molecule has 2 atom stereocenters. The van der Waals surface area contributed by atoms with Crippen LogP contribution in [0.3, 0.4) is 0 Å². The lowest BCUT2D eigenvalue weighted by Gasteiger charge is -2.20. The molecule has 0 saturated carbocycles. The molecule has 0 spiro atoms. The Morgan fingerprint density at radius 1 is 0.426 bits per heavy atom. The Kier molecular flexibility index (Phi) is 55.1. The monoisotopic (exact) mass is 952 g/mol. The van der Waals surface area contributed by atoms with E-state index in [9.17, 15) is 19.8 Å². The van der Waals surface area contributed by atoms with E-state index in [-0.39, 0.29) is 18.5 Å². The Hall–Kier alpha value is -2.44. The number of rotatable bonds is 54. The minimum atomic E-state index is -0.852. The molecular formula is C62H113NO5. The van der Waals surface area contributed by atoms with Crippen LogP contribution in [0.4, 0.5) is 0 Å². The summed E-state index contributed by atoms with van der Waals surface area (Å²) in [7, 11) is 0. The molecule has 0 aromatic rings. The molecule has 0 radical (unpaired) electrons. The summed E-state index contributed by atoms with van der Waals surface area (Å²) in [5.74, 6) is -0.0978. The molecule has 0 aromatic carbocycles. The van der Waals surface area contributed by atoms with Crippen molar-refractivity contribution in [2.45, 2.75) is 309 Å². The van der Waals surface area contributed by atoms with E-state index >= 15 is 0 Å². The Morgan fingerprint density at radius 3 is 1.24 bits per heavy atom. The molecule has 6 nitrogen and oxygen atoms in total. The average molecular weight is 953 g/mol. The van der Waals surface area contributed by atoms with Crippen molar-refractivity contribution in [2.24, 2.45) is 0 Å². The number of carbonyl (C=O) groups excluding carboxylic acids is 2. The molecule has 1 amide bonds. The lowest BCUT2D eigenvalue weighted by atomic mass is 10.0. The first-order valence-electron chi connectivity index (χ1n) is 29.6. The number of allylic oxidation sites excluding steroid dienone is 9. The third-order valence-electron chi connectivity index (χ3n) is 13.3. The summed E-state index contributed by atoms with van der Waals surface area (Å²) in [5, 5.41) is 23.1. The molecule has 0 aromatic heterocycles. The minimum Gasteiger partial charge on any atom is -0.466 e. The molecular weight excluding hydrogens is 839 g/mol. The first kappa shape index (κ1) is 65.6. The lowest BCUT2D eigenvalue weighted by molar-refractivity contribution is -0.143. The van der Waals surface area contributed by atoms with E-state index in [0.717, 1.165) is 83.5 Å². The number of hydrogen-bond donors (Lipinski definition) is 3. The van der Waals surface area contributed by atoms with Crippen molar-refractivity contribution in [1.29, 1.82) is 0 Å². The average Bonchev–Trinajstić information content (AvgIpc) is 3.34. The minimum absolute atomic E-state index is 0.0186. The summed E-state index contributed by atoms with van der Waals surface area (Å²) in [6.07, 6.45) is 73.9. The van der Waals surface area contributed by atoms with Gasteiger partial charge in [-0.05, 0) is 96.3 Å². The number of carbonyl (C=O) groups is 2. The Balaban J connectivity index is 3.49. The highest BCUT2D eigenvalue weighted by molar-refractivity contribution is 5.76. The zero-order valence-corrected chi connectivity index (χ0v) is 45.1. The Labute approximate surface area is 422 Å². The molecule has 68 heavy (non-hydrogen) atoms. The van der Waals surface area contributed by atoms with Gasteiger partial charge >= 0.3 is 5.97 Å². The number of nitrogens with one attached hydrogen (secondary N) is 1. The fourth-order valence-corrected chi connectivity index (χ4v) is 8.71. The summed E-state index contributed by atoms with van der Waals surface area (Å²) >= 11 is 0. The van der Waals surface area contributed by atoms with Gasteiger partial charge < -0.3 is 20.3 Å². The van der Waals surface area contributed by atoms with E-state index in [4.69, 9.17) is 4.74 Å². The number of esters is 1. The number of hydrogen-bond acceptors (Lipinski definition) is 5. The van der Waals surface area contributed by atoms with Crippen molar-refractivity contribution in [2.75, 3.05) is 13.2 Å². The topological polar surface area (TPSA) is 95.9 Å². The molecule has 0 heterocycles. The van der Waals surface area contributed by atoms with Gasteiger partial charge in [-0.2, -0.15) is 0 Å². The molecule has 0 aliphatic carbocycles. The number of unbranched alkanes of at least 4 members (excludes halogenated alkanes) is 36. The van der Waals surface area contributed by atoms with Gasteiger partial charge in [-0.25, -0.2) is 0 Å². The first-order chi connectivity index (χ1) is 33.5. The normalized spacial score (nSPS) is 13.1. The van der Waals surface area contributed by atoms with Crippen LogP contribution in [0, 0.1) is 0 Å². The summed E-state index contributed by atoms with van der Waals surface area (Å²) in [5.41, 5.74) is 0. The largest absolute Gasteiger partial charge is 0.466 e. The molecule has 0 fully saturated rings. The van der Waals surface area contributed by atoms with Crippen LogP contribution in [-0.4, -0.2) is 47.4 Å². The van der Waals surface area contributed by atoms with E-state index < -0.39 is 12.1 Å². The van der Waals surface area contributed by atoms with Crippen molar-refractivity contribution in [3.05, 3.63) is 60.8 Å². The Bertz CT molecular complexity index is 1190. The highest BCUT2D eigenvalue weighted by Crippen LogP contribution is 2.16. The fraction of sp³-hybridized carbons (Fsp3) is 0.806. The highest BCUT2D eigenvalue weighted by atomic mass is 16.5. The van der Waals surface area contributed by atoms with Crippen molar-refractivity contribution in [1.82, 2.24) is 5.32 Å². The number of aliphatic hydroxyl groups is 2. The standard InChI is InChI=1S/C62H113NO5/c1-3-5-7-9-11-13-15-17-18-19-21-25-28-32-36-40-44-48-52-56-62(67)68-57-53-49-45-41-37-33-29-26-23-20-22-24-27-31-35-39-43-47-51-55-61(66)63-59(58-64)60(65)54-50-46-42-38-34-30-16-14-12-10-8-6-4-2/h11,13,17-18,26,29,33,37,50,54,59-60,64-65H,3-10,12,14-16,19-25,27-28,30-32,34-36,38-49,51-53,55-58H2,1-2H3,(H,63,66)/b13-11-,18-17-,29-26-,37-33-,54-50+. The molecule has 2 unspecified atom stereocenters. The number of amides is 1. The van der Waals surface area contributed by atoms with E-state index in [0.29, 0.717) is 19.4 Å². The van der Waals surface area contributed by atoms with Crippen LogP contribution in [0.1, 0.15) is 296 Å². The first-order valence-corrected chi connectivity index (χ1v) is 29.6. The SMILES string of the molecule is CCCCC/C=C\C/C=C\CCCCCCCCCCCC(=O)OCCCCC/C=C\C=C/CCCCCCCCCCCCC(=O)NC(CO)C(O)/C=C/CCCCCCCCCCCCC. The van der Waals surface area contributed by atoms with Crippen LogP contribution < -0.4 is 5.32 Å². The van der Waals surface area contributed by atoms with Crippen LogP contribution in [0.15, 0.2) is 60.8 Å². The van der Waals surface area contributed by atoms with Crippen molar-refractivity contribution in [3.8, 4) is 0 Å². The van der Waals surface area contributed by atoms with Crippen LogP contribution in [0.25, 0.3) is 0 Å². The van der Waals surface area contributed by atoms with Crippen LogP contribution in [-0.2, 0) is 14.3 Å². The van der Waals surface area contributed by atoms with Crippen molar-refractivity contribution < 1.29 is 24.5 Å². The van der Waals surface area contributed by atoms with Gasteiger partial charge in [-0.1, -0.05) is 248 Å². The van der Waals surface area contributed by atoms with Gasteiger partial charge in [0, 0.05) is 12.8 Å². The highest BCUT2D eigenvalue weighted by Gasteiger charge is 2.18. The van der Waals surface area contributed by atoms with Gasteiger partial charge in [0.15, 0.2) is 0 Å². The van der Waals surface area contributed by atoms with Gasteiger partial charge in [0.25, 0.3) is 0 Å². The third kappa shape index (κ3) is 52.9. The maximum Gasteiger partial charge on any atom is 0.305 e. The molecule has 396 valence electrons. The second-order valence-electron chi connectivity index (χ2n) is 20.0. The van der Waals surface area contributed by atoms with E-state index in [1.165, 1.54) is 186 Å². The van der Waals surface area contributed by atoms with Gasteiger partial charge in [0.05, 0.1) is 25.4 Å². The molecule has 0 aliphatic rings. The van der Waals surface area contributed by atoms with Gasteiger partial charge in [-0.3, -0.25) is 9.59 Å². The van der Waals surface area contributed by atoms with Crippen LogP contribution in [0.2, 0.25) is 0 Å². The molecule has 0 bridgehead atoms. The molecule has 0 saturated heterocycles. The van der Waals surface area contributed by atoms with Crippen LogP contribution >= 0.6 is 0 Å². The Morgan fingerprint density at radius 2 is 0.779 bits per heavy atom. The van der Waals surface area contributed by atoms with Crippen molar-refractivity contribution >= 4 is 11.9 Å².